The Morgan fingerprint density at radius 2 is 2.00 bits per heavy atom. The van der Waals surface area contributed by atoms with Gasteiger partial charge in [-0.3, -0.25) is 0 Å². The van der Waals surface area contributed by atoms with Gasteiger partial charge >= 0.3 is 0 Å². The molecule has 0 aromatic rings. The summed E-state index contributed by atoms with van der Waals surface area (Å²) in [5.74, 6) is 0.867. The minimum atomic E-state index is 0.690. The monoisotopic (exact) mass is 155 g/mol. The largest absolute Gasteiger partial charge is 0.316 e. The van der Waals surface area contributed by atoms with E-state index in [2.05, 4.69) is 26.1 Å². The highest BCUT2D eigenvalue weighted by atomic mass is 14.9. The average Bonchev–Trinajstić information content (AvgIpc) is 2.70. The van der Waals surface area contributed by atoms with Crippen molar-refractivity contribution in [2.75, 3.05) is 13.1 Å². The summed E-state index contributed by atoms with van der Waals surface area (Å²) in [7, 11) is 0. The molecule has 1 heteroatoms. The van der Waals surface area contributed by atoms with Gasteiger partial charge in [0.2, 0.25) is 0 Å². The highest BCUT2D eigenvalue weighted by Gasteiger charge is 2.44. The van der Waals surface area contributed by atoms with Crippen LogP contribution in [-0.4, -0.2) is 13.1 Å². The first-order valence-corrected chi connectivity index (χ1v) is 4.92. The van der Waals surface area contributed by atoms with Crippen LogP contribution in [-0.2, 0) is 0 Å². The molecule has 0 aliphatic heterocycles. The van der Waals surface area contributed by atoms with Crippen LogP contribution in [0.3, 0.4) is 0 Å². The maximum atomic E-state index is 3.52. The highest BCUT2D eigenvalue weighted by Crippen LogP contribution is 2.51. The average molecular weight is 155 g/mol. The van der Waals surface area contributed by atoms with Crippen molar-refractivity contribution < 1.29 is 0 Å². The van der Waals surface area contributed by atoms with Crippen molar-refractivity contribution in [3.63, 3.8) is 0 Å². The Hall–Kier alpha value is -0.0400. The molecular formula is C10H21N. The molecule has 0 aromatic carbocycles. The summed E-state index contributed by atoms with van der Waals surface area (Å²) in [4.78, 5) is 0. The van der Waals surface area contributed by atoms with E-state index in [1.807, 2.05) is 0 Å². The zero-order valence-electron chi connectivity index (χ0n) is 8.11. The lowest BCUT2D eigenvalue weighted by Crippen LogP contribution is -2.27. The quantitative estimate of drug-likeness (QED) is 0.601. The zero-order valence-corrected chi connectivity index (χ0v) is 8.11. The molecule has 0 amide bonds. The molecule has 0 bridgehead atoms. The van der Waals surface area contributed by atoms with E-state index in [1.165, 1.54) is 32.4 Å². The Kier molecular flexibility index (Phi) is 2.94. The highest BCUT2D eigenvalue weighted by molar-refractivity contribution is 4.96. The molecule has 1 nitrogen and oxygen atoms in total. The summed E-state index contributed by atoms with van der Waals surface area (Å²) in [6.45, 7) is 9.36. The molecule has 0 saturated heterocycles. The van der Waals surface area contributed by atoms with E-state index in [4.69, 9.17) is 0 Å². The summed E-state index contributed by atoms with van der Waals surface area (Å²) < 4.78 is 0. The zero-order chi connectivity index (χ0) is 8.32. The molecule has 11 heavy (non-hydrogen) atoms. The van der Waals surface area contributed by atoms with Crippen LogP contribution in [0.25, 0.3) is 0 Å². The topological polar surface area (TPSA) is 12.0 Å². The van der Waals surface area contributed by atoms with Gasteiger partial charge in [0.25, 0.3) is 0 Å². The molecule has 0 aromatic heterocycles. The van der Waals surface area contributed by atoms with Crippen molar-refractivity contribution in [1.82, 2.24) is 5.32 Å². The Bertz CT molecular complexity index is 114. The normalized spacial score (nSPS) is 20.7. The van der Waals surface area contributed by atoms with Crippen LogP contribution in [0.5, 0.6) is 0 Å². The molecule has 1 rings (SSSR count). The van der Waals surface area contributed by atoms with Crippen LogP contribution in [0.4, 0.5) is 0 Å². The molecule has 1 aliphatic carbocycles. The van der Waals surface area contributed by atoms with Gasteiger partial charge in [0.05, 0.1) is 0 Å². The second-order valence-electron chi connectivity index (χ2n) is 4.19. The molecule has 0 spiro atoms. The second kappa shape index (κ2) is 3.57. The first-order valence-electron chi connectivity index (χ1n) is 4.92. The van der Waals surface area contributed by atoms with Crippen molar-refractivity contribution in [3.8, 4) is 0 Å². The lowest BCUT2D eigenvalue weighted by Gasteiger charge is -2.19. The molecule has 1 fully saturated rings. The molecule has 0 unspecified atom stereocenters. The third-order valence-corrected chi connectivity index (χ3v) is 3.02. The van der Waals surface area contributed by atoms with Crippen molar-refractivity contribution in [2.24, 2.45) is 11.3 Å². The molecule has 1 N–H and O–H groups in total. The fraction of sp³-hybridized carbons (Fsp3) is 1.00. The van der Waals surface area contributed by atoms with Crippen LogP contribution < -0.4 is 5.32 Å². The second-order valence-corrected chi connectivity index (χ2v) is 4.19. The van der Waals surface area contributed by atoms with Gasteiger partial charge in [0.1, 0.15) is 0 Å². The molecule has 66 valence electrons. The SMILES string of the molecule is CCCNCC1(C(C)C)CC1. The third kappa shape index (κ3) is 2.19. The smallest absolute Gasteiger partial charge is 0.00103 e. The standard InChI is InChI=1S/C10H21N/c1-4-7-11-8-10(5-6-10)9(2)3/h9,11H,4-8H2,1-3H3. The van der Waals surface area contributed by atoms with E-state index in [0.717, 1.165) is 5.92 Å². The van der Waals surface area contributed by atoms with E-state index in [1.54, 1.807) is 0 Å². The summed E-state index contributed by atoms with van der Waals surface area (Å²) in [5, 5.41) is 3.52. The maximum absolute atomic E-state index is 3.52. The van der Waals surface area contributed by atoms with Gasteiger partial charge in [-0.15, -0.1) is 0 Å². The van der Waals surface area contributed by atoms with Gasteiger partial charge in [-0.2, -0.15) is 0 Å². The van der Waals surface area contributed by atoms with Crippen molar-refractivity contribution in [3.05, 3.63) is 0 Å². The predicted octanol–water partition coefficient (Wildman–Crippen LogP) is 2.42. The van der Waals surface area contributed by atoms with E-state index < -0.39 is 0 Å². The number of hydrogen-bond acceptors (Lipinski definition) is 1. The molecular weight excluding hydrogens is 134 g/mol. The molecule has 1 saturated carbocycles. The molecule has 0 heterocycles. The predicted molar refractivity (Wildman–Crippen MR) is 49.7 cm³/mol. The van der Waals surface area contributed by atoms with Crippen LogP contribution in [0.1, 0.15) is 40.0 Å². The lowest BCUT2D eigenvalue weighted by atomic mass is 9.92. The van der Waals surface area contributed by atoms with Gasteiger partial charge in [0, 0.05) is 6.54 Å². The van der Waals surface area contributed by atoms with Crippen LogP contribution in [0.2, 0.25) is 0 Å². The summed E-state index contributed by atoms with van der Waals surface area (Å²) in [6, 6.07) is 0. The first-order chi connectivity index (χ1) is 5.21. The van der Waals surface area contributed by atoms with E-state index >= 15 is 0 Å². The third-order valence-electron chi connectivity index (χ3n) is 3.02. The lowest BCUT2D eigenvalue weighted by molar-refractivity contribution is 0.339. The number of nitrogens with one attached hydrogen (secondary N) is 1. The number of hydrogen-bond donors (Lipinski definition) is 1. The van der Waals surface area contributed by atoms with Gasteiger partial charge in [-0.25, -0.2) is 0 Å². The summed E-state index contributed by atoms with van der Waals surface area (Å²) in [5.41, 5.74) is 0.690. The molecule has 0 radical (unpaired) electrons. The van der Waals surface area contributed by atoms with Crippen LogP contribution in [0.15, 0.2) is 0 Å². The summed E-state index contributed by atoms with van der Waals surface area (Å²) >= 11 is 0. The van der Waals surface area contributed by atoms with Gasteiger partial charge in [-0.05, 0) is 37.1 Å². The fourth-order valence-corrected chi connectivity index (χ4v) is 1.63. The van der Waals surface area contributed by atoms with Crippen molar-refractivity contribution >= 4 is 0 Å². The molecule has 0 atom stereocenters. The van der Waals surface area contributed by atoms with Crippen LogP contribution >= 0.6 is 0 Å². The maximum Gasteiger partial charge on any atom is 0.00103 e. The van der Waals surface area contributed by atoms with Gasteiger partial charge in [-0.1, -0.05) is 20.8 Å². The van der Waals surface area contributed by atoms with Crippen molar-refractivity contribution in [1.29, 1.82) is 0 Å². The minimum absolute atomic E-state index is 0.690. The Balaban J connectivity index is 2.14. The first kappa shape index (κ1) is 9.05. The number of rotatable bonds is 5. The minimum Gasteiger partial charge on any atom is -0.316 e. The van der Waals surface area contributed by atoms with Gasteiger partial charge < -0.3 is 5.32 Å². The van der Waals surface area contributed by atoms with E-state index in [0.29, 0.717) is 5.41 Å². The fourth-order valence-electron chi connectivity index (χ4n) is 1.63. The molecule has 1 aliphatic rings. The van der Waals surface area contributed by atoms with Gasteiger partial charge in [0.15, 0.2) is 0 Å². The Morgan fingerprint density at radius 3 is 2.36 bits per heavy atom. The van der Waals surface area contributed by atoms with E-state index in [-0.39, 0.29) is 0 Å². The Morgan fingerprint density at radius 1 is 1.36 bits per heavy atom. The van der Waals surface area contributed by atoms with Crippen molar-refractivity contribution in [2.45, 2.75) is 40.0 Å². The van der Waals surface area contributed by atoms with E-state index in [9.17, 15) is 0 Å². The van der Waals surface area contributed by atoms with Crippen LogP contribution in [0, 0.1) is 11.3 Å². The summed E-state index contributed by atoms with van der Waals surface area (Å²) in [6.07, 6.45) is 4.15. The Labute approximate surface area is 70.6 Å².